The zero-order valence-electron chi connectivity index (χ0n) is 23.3. The van der Waals surface area contributed by atoms with Crippen LogP contribution in [0.15, 0.2) is 91.3 Å². The topological polar surface area (TPSA) is 129 Å². The summed E-state index contributed by atoms with van der Waals surface area (Å²) in [5.41, 5.74) is 1.44. The standard InChI is InChI=1S/C33H30N4O6/c38-24-12-10-21(11-13-24)17-26(35-33(42)43-29-9-3-7-23-6-1-2-8-25(23)29)32(41)36-16-14-27-31(36)28(39)20-37(27)30(40)18-22-5-4-15-34-19-22/h1-13,15,19,26-27,31,38H,14,16-18,20H2,(H,35,42). The monoisotopic (exact) mass is 578 g/mol. The molecule has 0 aliphatic carbocycles. The molecular weight excluding hydrogens is 548 g/mol. The van der Waals surface area contributed by atoms with E-state index in [0.717, 1.165) is 16.3 Å². The van der Waals surface area contributed by atoms with Crippen molar-refractivity contribution < 1.29 is 29.0 Å². The molecule has 43 heavy (non-hydrogen) atoms. The van der Waals surface area contributed by atoms with Crippen molar-refractivity contribution in [3.05, 3.63) is 102 Å². The Morgan fingerprint density at radius 1 is 0.953 bits per heavy atom. The van der Waals surface area contributed by atoms with Gasteiger partial charge in [-0.15, -0.1) is 0 Å². The molecule has 2 aliphatic rings. The van der Waals surface area contributed by atoms with Gasteiger partial charge in [0.25, 0.3) is 0 Å². The Labute approximate surface area is 247 Å². The molecule has 4 aromatic rings. The molecule has 3 heterocycles. The van der Waals surface area contributed by atoms with Gasteiger partial charge in [-0.1, -0.05) is 54.6 Å². The quantitative estimate of drug-likeness (QED) is 0.344. The Kier molecular flexibility index (Phi) is 7.74. The summed E-state index contributed by atoms with van der Waals surface area (Å²) in [5, 5.41) is 14.1. The predicted octanol–water partition coefficient (Wildman–Crippen LogP) is 3.26. The Bertz CT molecular complexity index is 1670. The molecule has 10 nitrogen and oxygen atoms in total. The molecule has 3 unspecified atom stereocenters. The SMILES string of the molecule is O=C(NC(Cc1ccc(O)cc1)C(=O)N1CCC2C1C(=O)CN2C(=O)Cc1cccnc1)Oc1cccc2ccccc12. The van der Waals surface area contributed by atoms with E-state index in [4.69, 9.17) is 4.74 Å². The summed E-state index contributed by atoms with van der Waals surface area (Å²) in [6.07, 6.45) is 3.11. The molecule has 1 aromatic heterocycles. The number of rotatable bonds is 7. The number of aromatic nitrogens is 1. The first-order chi connectivity index (χ1) is 20.9. The molecule has 218 valence electrons. The number of nitrogens with zero attached hydrogens (tertiary/aromatic N) is 3. The highest BCUT2D eigenvalue weighted by molar-refractivity contribution is 5.99. The van der Waals surface area contributed by atoms with E-state index in [-0.39, 0.29) is 43.4 Å². The van der Waals surface area contributed by atoms with Crippen molar-refractivity contribution in [3.63, 3.8) is 0 Å². The van der Waals surface area contributed by atoms with Crippen LogP contribution in [0.2, 0.25) is 0 Å². The second-order valence-electron chi connectivity index (χ2n) is 10.8. The Balaban J connectivity index is 1.20. The number of Topliss-reactive ketones (excluding diaryl/α,β-unsaturated/α-hetero) is 1. The molecule has 10 heteroatoms. The lowest BCUT2D eigenvalue weighted by Crippen LogP contribution is -2.53. The van der Waals surface area contributed by atoms with Crippen LogP contribution in [0.25, 0.3) is 10.8 Å². The van der Waals surface area contributed by atoms with E-state index in [2.05, 4.69) is 10.3 Å². The largest absolute Gasteiger partial charge is 0.508 e. The molecule has 3 atom stereocenters. The van der Waals surface area contributed by atoms with E-state index in [1.165, 1.54) is 17.0 Å². The van der Waals surface area contributed by atoms with Gasteiger partial charge in [0.15, 0.2) is 5.78 Å². The average Bonchev–Trinajstić information content (AvgIpc) is 3.59. The molecule has 6 rings (SSSR count). The number of hydrogen-bond acceptors (Lipinski definition) is 7. The van der Waals surface area contributed by atoms with Crippen LogP contribution in [0, 0.1) is 0 Å². The summed E-state index contributed by atoms with van der Waals surface area (Å²) in [6, 6.07) is 20.5. The zero-order chi connectivity index (χ0) is 29.9. The molecule has 2 fully saturated rings. The number of aromatic hydroxyl groups is 1. The Morgan fingerprint density at radius 3 is 2.53 bits per heavy atom. The van der Waals surface area contributed by atoms with Crippen LogP contribution < -0.4 is 10.1 Å². The highest BCUT2D eigenvalue weighted by Gasteiger charge is 2.52. The molecule has 0 saturated carbocycles. The van der Waals surface area contributed by atoms with Crippen LogP contribution in [0.4, 0.5) is 4.79 Å². The number of carbonyl (C=O) groups is 4. The average molecular weight is 579 g/mol. The molecule has 0 spiro atoms. The van der Waals surface area contributed by atoms with Gasteiger partial charge < -0.3 is 25.0 Å². The summed E-state index contributed by atoms with van der Waals surface area (Å²) < 4.78 is 5.65. The predicted molar refractivity (Wildman–Crippen MR) is 157 cm³/mol. The lowest BCUT2D eigenvalue weighted by molar-refractivity contribution is -0.138. The van der Waals surface area contributed by atoms with Crippen LogP contribution in [0.1, 0.15) is 17.5 Å². The minimum Gasteiger partial charge on any atom is -0.508 e. The molecular formula is C33H30N4O6. The number of hydrogen-bond donors (Lipinski definition) is 2. The summed E-state index contributed by atoms with van der Waals surface area (Å²) in [6.45, 7) is 0.195. The van der Waals surface area contributed by atoms with Gasteiger partial charge in [0.1, 0.15) is 23.6 Å². The maximum absolute atomic E-state index is 14.0. The molecule has 3 aromatic carbocycles. The van der Waals surface area contributed by atoms with E-state index in [1.54, 1.807) is 47.6 Å². The summed E-state index contributed by atoms with van der Waals surface area (Å²) in [5.74, 6) is -0.422. The fourth-order valence-electron chi connectivity index (χ4n) is 5.99. The zero-order valence-corrected chi connectivity index (χ0v) is 23.3. The van der Waals surface area contributed by atoms with Gasteiger partial charge in [0.05, 0.1) is 19.0 Å². The van der Waals surface area contributed by atoms with Crippen LogP contribution in [-0.2, 0) is 27.2 Å². The number of phenolic OH excluding ortho intramolecular Hbond substituents is 1. The molecule has 2 aliphatic heterocycles. The van der Waals surface area contributed by atoms with Gasteiger partial charge in [0.2, 0.25) is 11.8 Å². The minimum atomic E-state index is -1.06. The smallest absolute Gasteiger partial charge is 0.413 e. The Hall–Kier alpha value is -5.25. The highest BCUT2D eigenvalue weighted by Crippen LogP contribution is 2.31. The van der Waals surface area contributed by atoms with Crippen LogP contribution in [-0.4, -0.2) is 74.8 Å². The van der Waals surface area contributed by atoms with Gasteiger partial charge in [-0.05, 0) is 47.2 Å². The van der Waals surface area contributed by atoms with Crippen molar-refractivity contribution in [3.8, 4) is 11.5 Å². The van der Waals surface area contributed by atoms with E-state index < -0.39 is 30.1 Å². The minimum absolute atomic E-state index is 0.0720. The third-order valence-electron chi connectivity index (χ3n) is 8.02. The molecule has 0 radical (unpaired) electrons. The van der Waals surface area contributed by atoms with E-state index in [9.17, 15) is 24.3 Å². The van der Waals surface area contributed by atoms with Crippen molar-refractivity contribution in [2.75, 3.05) is 13.1 Å². The van der Waals surface area contributed by atoms with Crippen molar-refractivity contribution in [2.45, 2.75) is 37.4 Å². The van der Waals surface area contributed by atoms with E-state index in [1.807, 2.05) is 36.4 Å². The maximum atomic E-state index is 14.0. The van der Waals surface area contributed by atoms with Gasteiger partial charge in [-0.3, -0.25) is 19.4 Å². The maximum Gasteiger partial charge on any atom is 0.413 e. The van der Waals surface area contributed by atoms with Gasteiger partial charge in [-0.25, -0.2) is 4.79 Å². The molecule has 2 N–H and O–H groups in total. The number of phenols is 1. The fourth-order valence-corrected chi connectivity index (χ4v) is 5.99. The van der Waals surface area contributed by atoms with Crippen molar-refractivity contribution in [2.24, 2.45) is 0 Å². The lowest BCUT2D eigenvalue weighted by atomic mass is 10.0. The fraction of sp³-hybridized carbons (Fsp3) is 0.242. The molecule has 2 saturated heterocycles. The first kappa shape index (κ1) is 27.9. The van der Waals surface area contributed by atoms with Gasteiger partial charge in [-0.2, -0.15) is 0 Å². The number of amides is 3. The van der Waals surface area contributed by atoms with Crippen molar-refractivity contribution in [1.82, 2.24) is 20.1 Å². The second-order valence-corrected chi connectivity index (χ2v) is 10.8. The van der Waals surface area contributed by atoms with E-state index >= 15 is 0 Å². The van der Waals surface area contributed by atoms with Crippen molar-refractivity contribution in [1.29, 1.82) is 0 Å². The second kappa shape index (κ2) is 11.9. The lowest BCUT2D eigenvalue weighted by Gasteiger charge is -2.28. The third-order valence-corrected chi connectivity index (χ3v) is 8.02. The first-order valence-electron chi connectivity index (χ1n) is 14.1. The summed E-state index contributed by atoms with van der Waals surface area (Å²) in [4.78, 5) is 60.6. The number of fused-ring (bicyclic) bond motifs is 2. The number of benzene rings is 3. The van der Waals surface area contributed by atoms with Crippen molar-refractivity contribution >= 4 is 34.5 Å². The summed E-state index contributed by atoms with van der Waals surface area (Å²) >= 11 is 0. The number of carbonyl (C=O) groups excluding carboxylic acids is 4. The molecule has 0 bridgehead atoms. The number of likely N-dealkylation sites (tertiary alicyclic amines) is 2. The summed E-state index contributed by atoms with van der Waals surface area (Å²) in [7, 11) is 0. The number of nitrogens with one attached hydrogen (secondary N) is 1. The number of pyridine rings is 1. The van der Waals surface area contributed by atoms with Crippen LogP contribution in [0.5, 0.6) is 11.5 Å². The normalized spacial score (nSPS) is 18.4. The number of ketones is 1. The van der Waals surface area contributed by atoms with Gasteiger partial charge in [0, 0.05) is 30.7 Å². The number of ether oxygens (including phenoxy) is 1. The van der Waals surface area contributed by atoms with Crippen LogP contribution in [0.3, 0.4) is 0 Å². The van der Waals surface area contributed by atoms with Gasteiger partial charge >= 0.3 is 6.09 Å². The first-order valence-corrected chi connectivity index (χ1v) is 14.1. The Morgan fingerprint density at radius 2 is 1.74 bits per heavy atom. The van der Waals surface area contributed by atoms with E-state index in [0.29, 0.717) is 17.7 Å². The molecule has 3 amide bonds. The third kappa shape index (κ3) is 5.90. The highest BCUT2D eigenvalue weighted by atomic mass is 16.6. The van der Waals surface area contributed by atoms with Crippen LogP contribution >= 0.6 is 0 Å².